The van der Waals surface area contributed by atoms with Crippen LogP contribution in [0.5, 0.6) is 0 Å². The van der Waals surface area contributed by atoms with Crippen molar-refractivity contribution in [2.45, 2.75) is 39.0 Å². The van der Waals surface area contributed by atoms with Crippen molar-refractivity contribution in [3.05, 3.63) is 0 Å². The normalized spacial score (nSPS) is 23.5. The average Bonchev–Trinajstić information content (AvgIpc) is 2.32. The molecule has 20 heavy (non-hydrogen) atoms. The molecule has 7 heteroatoms. The second-order valence-corrected chi connectivity index (χ2v) is 5.69. The lowest BCUT2D eigenvalue weighted by Gasteiger charge is -2.34. The summed E-state index contributed by atoms with van der Waals surface area (Å²) in [6.45, 7) is 3.59. The van der Waals surface area contributed by atoms with Gasteiger partial charge in [0.25, 0.3) is 0 Å². The van der Waals surface area contributed by atoms with E-state index in [1.807, 2.05) is 6.92 Å². The molecule has 0 aliphatic carbocycles. The highest BCUT2D eigenvalue weighted by atomic mass is 19.3. The van der Waals surface area contributed by atoms with E-state index in [4.69, 9.17) is 5.11 Å². The van der Waals surface area contributed by atoms with Crippen LogP contribution in [0.15, 0.2) is 0 Å². The monoisotopic (exact) mass is 292 g/mol. The van der Waals surface area contributed by atoms with Crippen molar-refractivity contribution in [2.24, 2.45) is 11.8 Å². The summed E-state index contributed by atoms with van der Waals surface area (Å²) in [5.41, 5.74) is 0. The lowest BCUT2D eigenvalue weighted by molar-refractivity contribution is -0.143. The van der Waals surface area contributed by atoms with Crippen molar-refractivity contribution < 1.29 is 23.5 Å². The molecule has 1 fully saturated rings. The number of carbonyl (C=O) groups is 2. The quantitative estimate of drug-likeness (QED) is 0.763. The first kappa shape index (κ1) is 16.7. The highest BCUT2D eigenvalue weighted by Gasteiger charge is 2.31. The third-order valence-corrected chi connectivity index (χ3v) is 3.36. The van der Waals surface area contributed by atoms with Gasteiger partial charge >= 0.3 is 12.0 Å². The largest absolute Gasteiger partial charge is 0.481 e. The Hall–Kier alpha value is -1.40. The number of aliphatic carboxylic acids is 1. The highest BCUT2D eigenvalue weighted by molar-refractivity contribution is 5.76. The number of carbonyl (C=O) groups excluding carboxylic acids is 1. The Morgan fingerprint density at radius 2 is 2.05 bits per heavy atom. The van der Waals surface area contributed by atoms with Gasteiger partial charge in [-0.3, -0.25) is 4.79 Å². The number of carboxylic acid groups (broad SMARTS) is 1. The summed E-state index contributed by atoms with van der Waals surface area (Å²) in [6.07, 6.45) is 0.476. The zero-order valence-electron chi connectivity index (χ0n) is 11.9. The van der Waals surface area contributed by atoms with Gasteiger partial charge in [-0.1, -0.05) is 6.92 Å². The van der Waals surface area contributed by atoms with Crippen LogP contribution in [-0.4, -0.2) is 47.6 Å². The Labute approximate surface area is 117 Å². The minimum absolute atomic E-state index is 0.121. The second-order valence-electron chi connectivity index (χ2n) is 5.69. The number of hydrogen-bond donors (Lipinski definition) is 2. The maximum absolute atomic E-state index is 12.6. The molecule has 116 valence electrons. The number of piperidine rings is 1. The van der Waals surface area contributed by atoms with Gasteiger partial charge < -0.3 is 15.3 Å². The van der Waals surface area contributed by atoms with Gasteiger partial charge in [0, 0.05) is 26.1 Å². The molecule has 1 heterocycles. The van der Waals surface area contributed by atoms with Crippen molar-refractivity contribution in [3.8, 4) is 0 Å². The zero-order valence-corrected chi connectivity index (χ0v) is 11.9. The van der Waals surface area contributed by atoms with E-state index in [9.17, 15) is 18.4 Å². The number of carboxylic acids is 1. The summed E-state index contributed by atoms with van der Waals surface area (Å²) >= 11 is 0. The molecule has 2 N–H and O–H groups in total. The standard InChI is InChI=1S/C13H22F2N2O3/c1-9-6-10(11(18)19)8-17(7-9)12(20)16-5-3-4-13(2,14)15/h9-10H,3-8H2,1-2H3,(H,16,20)(H,18,19). The molecule has 2 atom stereocenters. The molecule has 1 rings (SSSR count). The van der Waals surface area contributed by atoms with E-state index in [-0.39, 0.29) is 37.9 Å². The molecule has 2 unspecified atom stereocenters. The molecular formula is C13H22F2N2O3. The van der Waals surface area contributed by atoms with Crippen LogP contribution in [0.4, 0.5) is 13.6 Å². The van der Waals surface area contributed by atoms with Crippen LogP contribution in [-0.2, 0) is 4.79 Å². The van der Waals surface area contributed by atoms with Gasteiger partial charge in [-0.2, -0.15) is 0 Å². The summed E-state index contributed by atoms with van der Waals surface area (Å²) in [6, 6.07) is -0.373. The van der Waals surface area contributed by atoms with Crippen LogP contribution < -0.4 is 5.32 Å². The van der Waals surface area contributed by atoms with Crippen LogP contribution in [0.3, 0.4) is 0 Å². The molecular weight excluding hydrogens is 270 g/mol. The molecule has 2 amide bonds. The third-order valence-electron chi connectivity index (χ3n) is 3.36. The van der Waals surface area contributed by atoms with E-state index in [0.29, 0.717) is 13.0 Å². The first-order chi connectivity index (χ1) is 9.19. The lowest BCUT2D eigenvalue weighted by Crippen LogP contribution is -2.49. The molecule has 0 spiro atoms. The summed E-state index contributed by atoms with van der Waals surface area (Å²) < 4.78 is 25.2. The van der Waals surface area contributed by atoms with E-state index in [2.05, 4.69) is 5.32 Å². The number of urea groups is 1. The Bertz CT molecular complexity index is 358. The molecule has 0 bridgehead atoms. The van der Waals surface area contributed by atoms with Gasteiger partial charge in [-0.25, -0.2) is 13.6 Å². The van der Waals surface area contributed by atoms with Crippen molar-refractivity contribution in [1.82, 2.24) is 10.2 Å². The fraction of sp³-hybridized carbons (Fsp3) is 0.846. The SMILES string of the molecule is CC1CC(C(=O)O)CN(C(=O)NCCCC(C)(F)F)C1. The van der Waals surface area contributed by atoms with E-state index in [1.54, 1.807) is 0 Å². The number of alkyl halides is 2. The molecule has 0 aromatic carbocycles. The van der Waals surface area contributed by atoms with Crippen LogP contribution >= 0.6 is 0 Å². The topological polar surface area (TPSA) is 69.6 Å². The molecule has 0 saturated carbocycles. The Balaban J connectivity index is 2.37. The molecule has 0 radical (unpaired) electrons. The highest BCUT2D eigenvalue weighted by Crippen LogP contribution is 2.22. The van der Waals surface area contributed by atoms with Crippen molar-refractivity contribution in [2.75, 3.05) is 19.6 Å². The van der Waals surface area contributed by atoms with Crippen molar-refractivity contribution in [3.63, 3.8) is 0 Å². The van der Waals surface area contributed by atoms with Crippen molar-refractivity contribution >= 4 is 12.0 Å². The number of halogens is 2. The van der Waals surface area contributed by atoms with Crippen LogP contribution in [0, 0.1) is 11.8 Å². The smallest absolute Gasteiger partial charge is 0.317 e. The lowest BCUT2D eigenvalue weighted by atomic mass is 9.91. The Kier molecular flexibility index (Phi) is 5.71. The maximum atomic E-state index is 12.6. The van der Waals surface area contributed by atoms with Gasteiger partial charge in [-0.15, -0.1) is 0 Å². The van der Waals surface area contributed by atoms with Crippen LogP contribution in [0.1, 0.15) is 33.1 Å². The average molecular weight is 292 g/mol. The number of nitrogens with zero attached hydrogens (tertiary/aromatic N) is 1. The number of amides is 2. The minimum atomic E-state index is -2.72. The zero-order chi connectivity index (χ0) is 15.3. The second kappa shape index (κ2) is 6.85. The Morgan fingerprint density at radius 3 is 2.60 bits per heavy atom. The fourth-order valence-corrected chi connectivity index (χ4v) is 2.40. The van der Waals surface area contributed by atoms with E-state index in [0.717, 1.165) is 6.92 Å². The number of nitrogens with one attached hydrogen (secondary N) is 1. The van der Waals surface area contributed by atoms with Gasteiger partial charge in [0.05, 0.1) is 5.92 Å². The van der Waals surface area contributed by atoms with Gasteiger partial charge in [-0.05, 0) is 25.7 Å². The summed E-state index contributed by atoms with van der Waals surface area (Å²) in [4.78, 5) is 24.3. The predicted molar refractivity (Wildman–Crippen MR) is 69.7 cm³/mol. The third kappa shape index (κ3) is 5.71. The fourth-order valence-electron chi connectivity index (χ4n) is 2.40. The molecule has 0 aromatic heterocycles. The number of hydrogen-bond acceptors (Lipinski definition) is 2. The van der Waals surface area contributed by atoms with Crippen molar-refractivity contribution in [1.29, 1.82) is 0 Å². The summed E-state index contributed by atoms with van der Waals surface area (Å²) in [5, 5.41) is 11.6. The van der Waals surface area contributed by atoms with Gasteiger partial charge in [0.2, 0.25) is 5.92 Å². The summed E-state index contributed by atoms with van der Waals surface area (Å²) in [7, 11) is 0. The predicted octanol–water partition coefficient (Wildman–Crippen LogP) is 2.17. The van der Waals surface area contributed by atoms with Gasteiger partial charge in [0.1, 0.15) is 0 Å². The molecule has 5 nitrogen and oxygen atoms in total. The van der Waals surface area contributed by atoms with Crippen LogP contribution in [0.2, 0.25) is 0 Å². The molecule has 1 saturated heterocycles. The first-order valence-electron chi connectivity index (χ1n) is 6.82. The molecule has 0 aromatic rings. The van der Waals surface area contributed by atoms with E-state index < -0.39 is 17.8 Å². The maximum Gasteiger partial charge on any atom is 0.317 e. The Morgan fingerprint density at radius 1 is 1.40 bits per heavy atom. The number of likely N-dealkylation sites (tertiary alicyclic amines) is 1. The van der Waals surface area contributed by atoms with Crippen LogP contribution in [0.25, 0.3) is 0 Å². The minimum Gasteiger partial charge on any atom is -0.481 e. The first-order valence-corrected chi connectivity index (χ1v) is 6.82. The molecule has 1 aliphatic rings. The van der Waals surface area contributed by atoms with Gasteiger partial charge in [0.15, 0.2) is 0 Å². The van der Waals surface area contributed by atoms with E-state index >= 15 is 0 Å². The van der Waals surface area contributed by atoms with E-state index in [1.165, 1.54) is 4.90 Å². The number of rotatable bonds is 5. The summed E-state index contributed by atoms with van der Waals surface area (Å²) in [5.74, 6) is -4.06. The molecule has 1 aliphatic heterocycles.